The number of nitrogens with zero attached hydrogens (tertiary/aromatic N) is 1. The third-order valence-corrected chi connectivity index (χ3v) is 2.33. The van der Waals surface area contributed by atoms with Gasteiger partial charge in [-0.3, -0.25) is 4.98 Å². The Morgan fingerprint density at radius 3 is 2.73 bits per heavy atom. The molecule has 2 aromatic rings. The second-order valence-electron chi connectivity index (χ2n) is 3.31. The van der Waals surface area contributed by atoms with Gasteiger partial charge in [-0.2, -0.15) is 0 Å². The molecule has 80 valence electrons. The number of hydrogen-bond donors (Lipinski definition) is 1. The van der Waals surface area contributed by atoms with E-state index in [4.69, 9.17) is 5.11 Å². The summed E-state index contributed by atoms with van der Waals surface area (Å²) in [5.74, 6) is 0. The number of aliphatic hydroxyl groups is 1. The topological polar surface area (TPSA) is 33.1 Å². The number of fused-ring (bicyclic) bond motifs is 1. The maximum Gasteiger partial charge on any atom is 0.0482 e. The van der Waals surface area contributed by atoms with Crippen LogP contribution in [0.4, 0.5) is 0 Å². The molecule has 0 saturated carbocycles. The summed E-state index contributed by atoms with van der Waals surface area (Å²) in [6.45, 7) is 0.227. The van der Waals surface area contributed by atoms with Crippen molar-refractivity contribution >= 4 is 34.7 Å². The van der Waals surface area contributed by atoms with Crippen molar-refractivity contribution in [1.82, 2.24) is 4.98 Å². The normalized spacial score (nSPS) is 9.93. The monoisotopic (exact) mass is 315 g/mol. The van der Waals surface area contributed by atoms with Crippen molar-refractivity contribution in [1.29, 1.82) is 0 Å². The van der Waals surface area contributed by atoms with Crippen LogP contribution in [0.15, 0.2) is 36.5 Å². The lowest BCUT2D eigenvalue weighted by Gasteiger charge is -2.03. The van der Waals surface area contributed by atoms with E-state index in [1.807, 2.05) is 24.4 Å². The summed E-state index contributed by atoms with van der Waals surface area (Å²) in [6.07, 6.45) is 3.45. The number of aryl methyl sites for hydroxylation is 1. The Labute approximate surface area is 106 Å². The van der Waals surface area contributed by atoms with Crippen LogP contribution in [0.2, 0.25) is 0 Å². The molecule has 0 aliphatic heterocycles. The van der Waals surface area contributed by atoms with Gasteiger partial charge >= 0.3 is 0 Å². The SMILES string of the molecule is I.OCCCc1nccc2ccccc12. The van der Waals surface area contributed by atoms with Crippen molar-refractivity contribution in [2.24, 2.45) is 0 Å². The minimum absolute atomic E-state index is 0. The van der Waals surface area contributed by atoms with Gasteiger partial charge in [-0.1, -0.05) is 24.3 Å². The van der Waals surface area contributed by atoms with Crippen LogP contribution in [0.5, 0.6) is 0 Å². The van der Waals surface area contributed by atoms with Crippen LogP contribution < -0.4 is 0 Å². The summed E-state index contributed by atoms with van der Waals surface area (Å²) in [6, 6.07) is 10.2. The summed E-state index contributed by atoms with van der Waals surface area (Å²) in [5, 5.41) is 11.2. The standard InChI is InChI=1S/C12H13NO.HI/c14-9-3-6-12-11-5-2-1-4-10(11)7-8-13-12;/h1-2,4-5,7-8,14H,3,6,9H2;1H. The lowest BCUT2D eigenvalue weighted by Crippen LogP contribution is -1.93. The Bertz CT molecular complexity index is 425. The number of halogens is 1. The first kappa shape index (κ1) is 12.4. The molecule has 1 N–H and O–H groups in total. The fourth-order valence-corrected chi connectivity index (χ4v) is 1.63. The molecule has 15 heavy (non-hydrogen) atoms. The van der Waals surface area contributed by atoms with Crippen LogP contribution in [-0.4, -0.2) is 16.7 Å². The molecule has 1 heterocycles. The summed E-state index contributed by atoms with van der Waals surface area (Å²) >= 11 is 0. The van der Waals surface area contributed by atoms with Gasteiger partial charge in [0.2, 0.25) is 0 Å². The average Bonchev–Trinajstić information content (AvgIpc) is 2.26. The third kappa shape index (κ3) is 2.89. The fraction of sp³-hybridized carbons (Fsp3) is 0.250. The van der Waals surface area contributed by atoms with Crippen molar-refractivity contribution < 1.29 is 5.11 Å². The third-order valence-electron chi connectivity index (χ3n) is 2.33. The maximum atomic E-state index is 8.77. The van der Waals surface area contributed by atoms with Crippen LogP contribution in [-0.2, 0) is 6.42 Å². The average molecular weight is 315 g/mol. The zero-order valence-electron chi connectivity index (χ0n) is 8.39. The first-order valence-electron chi connectivity index (χ1n) is 4.85. The molecule has 0 bridgehead atoms. The van der Waals surface area contributed by atoms with E-state index in [0.717, 1.165) is 18.5 Å². The minimum atomic E-state index is 0. The number of aliphatic hydroxyl groups excluding tert-OH is 1. The smallest absolute Gasteiger partial charge is 0.0482 e. The van der Waals surface area contributed by atoms with Crippen LogP contribution in [0.3, 0.4) is 0 Å². The number of aromatic nitrogens is 1. The second kappa shape index (κ2) is 6.02. The Hall–Kier alpha value is -0.680. The molecule has 0 saturated heterocycles. The Morgan fingerprint density at radius 2 is 1.93 bits per heavy atom. The van der Waals surface area contributed by atoms with Gasteiger partial charge in [-0.05, 0) is 24.3 Å². The van der Waals surface area contributed by atoms with Gasteiger partial charge in [0.25, 0.3) is 0 Å². The van der Waals surface area contributed by atoms with Crippen molar-refractivity contribution in [3.63, 3.8) is 0 Å². The van der Waals surface area contributed by atoms with Crippen LogP contribution in [0.1, 0.15) is 12.1 Å². The predicted molar refractivity (Wildman–Crippen MR) is 72.6 cm³/mol. The summed E-state index contributed by atoms with van der Waals surface area (Å²) in [4.78, 5) is 4.33. The molecule has 1 aromatic carbocycles. The molecule has 0 amide bonds. The van der Waals surface area contributed by atoms with Crippen LogP contribution >= 0.6 is 24.0 Å². The molecular weight excluding hydrogens is 301 g/mol. The molecular formula is C12H14INO. The summed E-state index contributed by atoms with van der Waals surface area (Å²) in [5.41, 5.74) is 1.08. The van der Waals surface area contributed by atoms with E-state index < -0.39 is 0 Å². The van der Waals surface area contributed by atoms with Gasteiger partial charge in [0.05, 0.1) is 0 Å². The Balaban J connectivity index is 0.00000112. The summed E-state index contributed by atoms with van der Waals surface area (Å²) in [7, 11) is 0. The number of pyridine rings is 1. The summed E-state index contributed by atoms with van der Waals surface area (Å²) < 4.78 is 0. The highest BCUT2D eigenvalue weighted by atomic mass is 127. The highest BCUT2D eigenvalue weighted by molar-refractivity contribution is 14.0. The second-order valence-corrected chi connectivity index (χ2v) is 3.31. The number of benzene rings is 1. The first-order valence-corrected chi connectivity index (χ1v) is 4.85. The highest BCUT2D eigenvalue weighted by Gasteiger charge is 2.00. The lowest BCUT2D eigenvalue weighted by atomic mass is 10.1. The molecule has 0 atom stereocenters. The van der Waals surface area contributed by atoms with E-state index in [-0.39, 0.29) is 30.6 Å². The molecule has 0 aliphatic rings. The molecule has 3 heteroatoms. The molecule has 0 fully saturated rings. The van der Waals surface area contributed by atoms with Gasteiger partial charge in [0, 0.05) is 23.9 Å². The fourth-order valence-electron chi connectivity index (χ4n) is 1.63. The molecule has 0 unspecified atom stereocenters. The van der Waals surface area contributed by atoms with E-state index in [1.165, 1.54) is 10.8 Å². The van der Waals surface area contributed by atoms with E-state index >= 15 is 0 Å². The van der Waals surface area contributed by atoms with Crippen LogP contribution in [0.25, 0.3) is 10.8 Å². The van der Waals surface area contributed by atoms with E-state index in [0.29, 0.717) is 0 Å². The van der Waals surface area contributed by atoms with Gasteiger partial charge in [-0.25, -0.2) is 0 Å². The van der Waals surface area contributed by atoms with Crippen molar-refractivity contribution in [2.45, 2.75) is 12.8 Å². The molecule has 0 aliphatic carbocycles. The van der Waals surface area contributed by atoms with Crippen molar-refractivity contribution in [2.75, 3.05) is 6.61 Å². The van der Waals surface area contributed by atoms with Gasteiger partial charge in [-0.15, -0.1) is 24.0 Å². The number of rotatable bonds is 3. The molecule has 2 nitrogen and oxygen atoms in total. The minimum Gasteiger partial charge on any atom is -0.396 e. The van der Waals surface area contributed by atoms with Gasteiger partial charge < -0.3 is 5.11 Å². The van der Waals surface area contributed by atoms with Crippen molar-refractivity contribution in [3.05, 3.63) is 42.2 Å². The lowest BCUT2D eigenvalue weighted by molar-refractivity contribution is 0.288. The molecule has 2 rings (SSSR count). The molecule has 0 radical (unpaired) electrons. The maximum absolute atomic E-state index is 8.77. The van der Waals surface area contributed by atoms with E-state index in [1.54, 1.807) is 0 Å². The predicted octanol–water partition coefficient (Wildman–Crippen LogP) is 2.78. The Morgan fingerprint density at radius 1 is 1.13 bits per heavy atom. The first-order chi connectivity index (χ1) is 6.92. The zero-order chi connectivity index (χ0) is 9.80. The van der Waals surface area contributed by atoms with Crippen LogP contribution in [0, 0.1) is 0 Å². The van der Waals surface area contributed by atoms with Gasteiger partial charge in [0.15, 0.2) is 0 Å². The Kier molecular flexibility index (Phi) is 4.98. The van der Waals surface area contributed by atoms with Crippen molar-refractivity contribution in [3.8, 4) is 0 Å². The van der Waals surface area contributed by atoms with Gasteiger partial charge in [0.1, 0.15) is 0 Å². The zero-order valence-corrected chi connectivity index (χ0v) is 10.7. The molecule has 1 aromatic heterocycles. The van der Waals surface area contributed by atoms with E-state index in [2.05, 4.69) is 17.1 Å². The number of hydrogen-bond acceptors (Lipinski definition) is 2. The highest BCUT2D eigenvalue weighted by Crippen LogP contribution is 2.17. The molecule has 0 spiro atoms. The largest absolute Gasteiger partial charge is 0.396 e. The quantitative estimate of drug-likeness (QED) is 0.884. The van der Waals surface area contributed by atoms with E-state index in [9.17, 15) is 0 Å².